The molecule has 0 saturated carbocycles. The minimum atomic E-state index is -0.413. The van der Waals surface area contributed by atoms with Crippen LogP contribution in [0.3, 0.4) is 0 Å². The van der Waals surface area contributed by atoms with Crippen molar-refractivity contribution in [3.8, 4) is 11.4 Å². The summed E-state index contributed by atoms with van der Waals surface area (Å²) in [5.41, 5.74) is 4.32. The first-order chi connectivity index (χ1) is 15.4. The SMILES string of the molecule is COc1ccc(-n2c(C)cc(C(=O)NC(c3ccc(Cl)cc3)c3nccn3C)c2C)cc1. The zero-order valence-electron chi connectivity index (χ0n) is 18.5. The van der Waals surface area contributed by atoms with Crippen LogP contribution in [-0.4, -0.2) is 27.1 Å². The number of rotatable bonds is 6. The van der Waals surface area contributed by atoms with Crippen molar-refractivity contribution >= 4 is 17.5 Å². The minimum absolute atomic E-state index is 0.166. The van der Waals surface area contributed by atoms with E-state index in [9.17, 15) is 4.79 Å². The van der Waals surface area contributed by atoms with Crippen LogP contribution in [0.5, 0.6) is 5.75 Å². The zero-order valence-corrected chi connectivity index (χ0v) is 19.2. The van der Waals surface area contributed by atoms with Crippen molar-refractivity contribution in [2.24, 2.45) is 7.05 Å². The number of benzene rings is 2. The Balaban J connectivity index is 1.68. The zero-order chi connectivity index (χ0) is 22.8. The van der Waals surface area contributed by atoms with Gasteiger partial charge >= 0.3 is 0 Å². The normalized spacial score (nSPS) is 11.9. The highest BCUT2D eigenvalue weighted by Crippen LogP contribution is 2.26. The number of hydrogen-bond acceptors (Lipinski definition) is 3. The number of nitrogens with one attached hydrogen (secondary N) is 1. The number of methoxy groups -OCH3 is 1. The highest BCUT2D eigenvalue weighted by Gasteiger charge is 2.24. The quantitative estimate of drug-likeness (QED) is 0.451. The lowest BCUT2D eigenvalue weighted by Crippen LogP contribution is -2.31. The third-order valence-corrected chi connectivity index (χ3v) is 5.85. The van der Waals surface area contributed by atoms with E-state index in [1.165, 1.54) is 0 Å². The molecule has 1 amide bonds. The van der Waals surface area contributed by atoms with E-state index in [1.807, 2.05) is 86.3 Å². The van der Waals surface area contributed by atoms with Gasteiger partial charge in [-0.15, -0.1) is 0 Å². The van der Waals surface area contributed by atoms with Crippen molar-refractivity contribution in [2.45, 2.75) is 19.9 Å². The Bertz CT molecular complexity index is 1240. The summed E-state index contributed by atoms with van der Waals surface area (Å²) in [4.78, 5) is 17.9. The number of amides is 1. The van der Waals surface area contributed by atoms with Crippen LogP contribution in [0.1, 0.15) is 39.2 Å². The number of nitrogens with zero attached hydrogens (tertiary/aromatic N) is 3. The van der Waals surface area contributed by atoms with Crippen LogP contribution >= 0.6 is 11.6 Å². The molecule has 0 saturated heterocycles. The highest BCUT2D eigenvalue weighted by molar-refractivity contribution is 6.30. The molecule has 1 unspecified atom stereocenters. The molecule has 2 aromatic carbocycles. The van der Waals surface area contributed by atoms with Crippen LogP contribution in [0, 0.1) is 13.8 Å². The van der Waals surface area contributed by atoms with E-state index in [0.29, 0.717) is 10.6 Å². The molecule has 0 aliphatic carbocycles. The second-order valence-corrected chi connectivity index (χ2v) is 8.11. The third-order valence-electron chi connectivity index (χ3n) is 5.60. The van der Waals surface area contributed by atoms with Crippen molar-refractivity contribution in [3.05, 3.63) is 100 Å². The maximum absolute atomic E-state index is 13.4. The first-order valence-corrected chi connectivity index (χ1v) is 10.6. The van der Waals surface area contributed by atoms with Crippen LogP contribution < -0.4 is 10.1 Å². The molecule has 32 heavy (non-hydrogen) atoms. The Labute approximate surface area is 192 Å². The standard InChI is InChI=1S/C25H25ClN4O2/c1-16-15-22(17(2)30(16)20-9-11-21(32-4)12-10-20)25(31)28-23(24-27-13-14-29(24)3)18-5-7-19(26)8-6-18/h5-15,23H,1-4H3,(H,28,31). The van der Waals surface area contributed by atoms with E-state index in [-0.39, 0.29) is 5.91 Å². The molecule has 0 fully saturated rings. The molecular weight excluding hydrogens is 424 g/mol. The van der Waals surface area contributed by atoms with Crippen molar-refractivity contribution in [1.29, 1.82) is 0 Å². The van der Waals surface area contributed by atoms with Crippen molar-refractivity contribution < 1.29 is 9.53 Å². The molecule has 0 radical (unpaired) electrons. The first kappa shape index (κ1) is 21.7. The Kier molecular flexibility index (Phi) is 6.06. The lowest BCUT2D eigenvalue weighted by atomic mass is 10.1. The first-order valence-electron chi connectivity index (χ1n) is 10.3. The summed E-state index contributed by atoms with van der Waals surface area (Å²) in [7, 11) is 3.55. The molecule has 0 aliphatic rings. The van der Waals surface area contributed by atoms with Gasteiger partial charge in [0.2, 0.25) is 0 Å². The summed E-state index contributed by atoms with van der Waals surface area (Å²) in [5.74, 6) is 1.36. The molecule has 1 atom stereocenters. The summed E-state index contributed by atoms with van der Waals surface area (Å²) in [5, 5.41) is 3.81. The van der Waals surface area contributed by atoms with Crippen LogP contribution in [0.4, 0.5) is 0 Å². The number of carbonyl (C=O) groups is 1. The van der Waals surface area contributed by atoms with E-state index in [0.717, 1.165) is 34.2 Å². The molecule has 0 bridgehead atoms. The number of ether oxygens (including phenoxy) is 1. The smallest absolute Gasteiger partial charge is 0.253 e. The molecular formula is C25H25ClN4O2. The maximum Gasteiger partial charge on any atom is 0.253 e. The van der Waals surface area contributed by atoms with Crippen LogP contribution in [0.2, 0.25) is 5.02 Å². The third kappa shape index (κ3) is 4.14. The van der Waals surface area contributed by atoms with Crippen molar-refractivity contribution in [1.82, 2.24) is 19.4 Å². The number of aryl methyl sites for hydroxylation is 2. The van der Waals surface area contributed by atoms with Gasteiger partial charge in [-0.2, -0.15) is 0 Å². The summed E-state index contributed by atoms with van der Waals surface area (Å²) in [6, 6.07) is 16.7. The molecule has 4 rings (SSSR count). The average molecular weight is 449 g/mol. The molecule has 7 heteroatoms. The van der Waals surface area contributed by atoms with Crippen molar-refractivity contribution in [3.63, 3.8) is 0 Å². The fourth-order valence-electron chi connectivity index (χ4n) is 3.94. The Hall–Kier alpha value is -3.51. The van der Waals surface area contributed by atoms with Gasteiger partial charge in [-0.05, 0) is 61.9 Å². The maximum atomic E-state index is 13.4. The summed E-state index contributed by atoms with van der Waals surface area (Å²) < 4.78 is 9.22. The summed E-state index contributed by atoms with van der Waals surface area (Å²) >= 11 is 6.07. The molecule has 0 spiro atoms. The van der Waals surface area contributed by atoms with Crippen LogP contribution in [-0.2, 0) is 7.05 Å². The van der Waals surface area contributed by atoms with Gasteiger partial charge in [0, 0.05) is 41.5 Å². The summed E-state index contributed by atoms with van der Waals surface area (Å²) in [6.45, 7) is 3.94. The van der Waals surface area contributed by atoms with E-state index >= 15 is 0 Å². The summed E-state index contributed by atoms with van der Waals surface area (Å²) in [6.07, 6.45) is 3.58. The van der Waals surface area contributed by atoms with Gasteiger partial charge in [0.25, 0.3) is 5.91 Å². The molecule has 0 aliphatic heterocycles. The molecule has 6 nitrogen and oxygen atoms in total. The van der Waals surface area contributed by atoms with Crippen LogP contribution in [0.25, 0.3) is 5.69 Å². The topological polar surface area (TPSA) is 61.1 Å². The average Bonchev–Trinajstić information content (AvgIpc) is 3.35. The van der Waals surface area contributed by atoms with Crippen molar-refractivity contribution in [2.75, 3.05) is 7.11 Å². The predicted octanol–water partition coefficient (Wildman–Crippen LogP) is 5.01. The van der Waals surface area contributed by atoms with E-state index in [1.54, 1.807) is 13.3 Å². The second-order valence-electron chi connectivity index (χ2n) is 7.67. The van der Waals surface area contributed by atoms with Gasteiger partial charge in [-0.25, -0.2) is 4.98 Å². The fourth-order valence-corrected chi connectivity index (χ4v) is 4.06. The number of hydrogen-bond donors (Lipinski definition) is 1. The van der Waals surface area contributed by atoms with Gasteiger partial charge < -0.3 is 19.2 Å². The molecule has 164 valence electrons. The number of halogens is 1. The minimum Gasteiger partial charge on any atom is -0.497 e. The van der Waals surface area contributed by atoms with E-state index < -0.39 is 6.04 Å². The number of aromatic nitrogens is 3. The van der Waals surface area contributed by atoms with Gasteiger partial charge in [0.1, 0.15) is 17.6 Å². The lowest BCUT2D eigenvalue weighted by molar-refractivity contribution is 0.0940. The Morgan fingerprint density at radius 3 is 2.38 bits per heavy atom. The van der Waals surface area contributed by atoms with Gasteiger partial charge in [0.05, 0.1) is 12.7 Å². The van der Waals surface area contributed by atoms with E-state index in [4.69, 9.17) is 16.3 Å². The monoisotopic (exact) mass is 448 g/mol. The highest BCUT2D eigenvalue weighted by atomic mass is 35.5. The fraction of sp³-hybridized carbons (Fsp3) is 0.200. The molecule has 4 aromatic rings. The molecule has 1 N–H and O–H groups in total. The predicted molar refractivity (Wildman–Crippen MR) is 126 cm³/mol. The largest absolute Gasteiger partial charge is 0.497 e. The van der Waals surface area contributed by atoms with Gasteiger partial charge in [-0.3, -0.25) is 4.79 Å². The number of imidazole rings is 1. The second kappa shape index (κ2) is 8.93. The Morgan fingerprint density at radius 2 is 1.78 bits per heavy atom. The van der Waals surface area contributed by atoms with Gasteiger partial charge in [-0.1, -0.05) is 23.7 Å². The molecule has 2 aromatic heterocycles. The van der Waals surface area contributed by atoms with Gasteiger partial charge in [0.15, 0.2) is 0 Å². The lowest BCUT2D eigenvalue weighted by Gasteiger charge is -2.19. The Morgan fingerprint density at radius 1 is 1.09 bits per heavy atom. The molecule has 2 heterocycles. The number of carbonyl (C=O) groups excluding carboxylic acids is 1. The van der Waals surface area contributed by atoms with Crippen LogP contribution in [0.15, 0.2) is 67.0 Å². The van der Waals surface area contributed by atoms with E-state index in [2.05, 4.69) is 14.9 Å².